The van der Waals surface area contributed by atoms with E-state index in [0.717, 1.165) is 0 Å². The fraction of sp³-hybridized carbons (Fsp3) is 0.500. The molecule has 58 valence electrons. The smallest absolute Gasteiger partial charge is 0.227 e. The summed E-state index contributed by atoms with van der Waals surface area (Å²) in [6, 6.07) is 0.553. The highest BCUT2D eigenvalue weighted by Crippen LogP contribution is 2.22. The zero-order chi connectivity index (χ0) is 7.68. The van der Waals surface area contributed by atoms with E-state index in [-0.39, 0.29) is 5.95 Å². The molecule has 5 heteroatoms. The van der Waals surface area contributed by atoms with Crippen LogP contribution in [0.5, 0.6) is 0 Å². The van der Waals surface area contributed by atoms with Gasteiger partial charge < -0.3 is 11.1 Å². The first-order valence-electron chi connectivity index (χ1n) is 3.55. The molecule has 0 bridgehead atoms. The maximum absolute atomic E-state index is 5.35. The Kier molecular flexibility index (Phi) is 1.34. The van der Waals surface area contributed by atoms with Crippen LogP contribution >= 0.6 is 0 Å². The molecular formula is C6H9N5. The lowest BCUT2D eigenvalue weighted by atomic mass is 10.7. The maximum atomic E-state index is 5.35. The van der Waals surface area contributed by atoms with Gasteiger partial charge in [0.25, 0.3) is 0 Å². The van der Waals surface area contributed by atoms with E-state index in [9.17, 15) is 0 Å². The summed E-state index contributed by atoms with van der Waals surface area (Å²) in [6.45, 7) is 0. The Morgan fingerprint density at radius 3 is 2.91 bits per heavy atom. The molecule has 0 saturated heterocycles. The molecule has 2 rings (SSSR count). The van der Waals surface area contributed by atoms with Gasteiger partial charge in [0.15, 0.2) is 0 Å². The Morgan fingerprint density at radius 2 is 2.27 bits per heavy atom. The van der Waals surface area contributed by atoms with E-state index in [1.54, 1.807) is 0 Å². The summed E-state index contributed by atoms with van der Waals surface area (Å²) in [5.74, 6) is 0.850. The number of nitrogens with zero attached hydrogens (tertiary/aromatic N) is 3. The average Bonchev–Trinajstić information content (AvgIpc) is 2.71. The summed E-state index contributed by atoms with van der Waals surface area (Å²) in [7, 11) is 0. The van der Waals surface area contributed by atoms with Crippen molar-refractivity contribution >= 4 is 11.9 Å². The minimum absolute atomic E-state index is 0.267. The standard InChI is InChI=1S/C6H9N5/c7-5-8-3-9-6(11-5)10-4-1-2-4/h3-4H,1-2H2,(H3,7,8,9,10,11). The van der Waals surface area contributed by atoms with Gasteiger partial charge in [-0.15, -0.1) is 0 Å². The zero-order valence-corrected chi connectivity index (χ0v) is 5.99. The van der Waals surface area contributed by atoms with Crippen molar-refractivity contribution in [2.24, 2.45) is 0 Å². The van der Waals surface area contributed by atoms with Crippen molar-refractivity contribution in [1.29, 1.82) is 0 Å². The Labute approximate surface area is 64.1 Å². The first-order valence-corrected chi connectivity index (χ1v) is 3.55. The van der Waals surface area contributed by atoms with Crippen LogP contribution in [0.15, 0.2) is 6.33 Å². The van der Waals surface area contributed by atoms with E-state index in [1.807, 2.05) is 0 Å². The predicted molar refractivity (Wildman–Crippen MR) is 40.9 cm³/mol. The number of nitrogens with two attached hydrogens (primary N) is 1. The van der Waals surface area contributed by atoms with Crippen molar-refractivity contribution < 1.29 is 0 Å². The van der Waals surface area contributed by atoms with E-state index in [4.69, 9.17) is 5.73 Å². The van der Waals surface area contributed by atoms with E-state index >= 15 is 0 Å². The third-order valence-electron chi connectivity index (χ3n) is 1.50. The molecule has 1 saturated carbocycles. The third kappa shape index (κ3) is 1.54. The molecule has 1 aromatic rings. The first-order chi connectivity index (χ1) is 5.34. The van der Waals surface area contributed by atoms with Gasteiger partial charge in [-0.05, 0) is 12.8 Å². The lowest BCUT2D eigenvalue weighted by molar-refractivity contribution is 1.01. The highest BCUT2D eigenvalue weighted by molar-refractivity contribution is 5.31. The van der Waals surface area contributed by atoms with Crippen molar-refractivity contribution in [3.63, 3.8) is 0 Å². The molecule has 5 nitrogen and oxygen atoms in total. The van der Waals surface area contributed by atoms with Crippen molar-refractivity contribution in [2.75, 3.05) is 11.1 Å². The van der Waals surface area contributed by atoms with E-state index < -0.39 is 0 Å². The fourth-order valence-electron chi connectivity index (χ4n) is 0.789. The monoisotopic (exact) mass is 151 g/mol. The summed E-state index contributed by atoms with van der Waals surface area (Å²) < 4.78 is 0. The van der Waals surface area contributed by atoms with Gasteiger partial charge in [0.1, 0.15) is 6.33 Å². The minimum Gasteiger partial charge on any atom is -0.368 e. The third-order valence-corrected chi connectivity index (χ3v) is 1.50. The molecule has 11 heavy (non-hydrogen) atoms. The van der Waals surface area contributed by atoms with Crippen molar-refractivity contribution in [3.8, 4) is 0 Å². The van der Waals surface area contributed by atoms with Gasteiger partial charge in [-0.1, -0.05) is 0 Å². The Balaban J connectivity index is 2.10. The number of anilines is 2. The summed E-state index contributed by atoms with van der Waals surface area (Å²) in [4.78, 5) is 11.5. The number of aromatic nitrogens is 3. The molecule has 0 aromatic carbocycles. The molecule has 1 fully saturated rings. The molecule has 0 unspecified atom stereocenters. The molecule has 1 aliphatic rings. The van der Waals surface area contributed by atoms with Gasteiger partial charge in [0.05, 0.1) is 0 Å². The normalized spacial score (nSPS) is 16.4. The molecule has 1 aromatic heterocycles. The van der Waals surface area contributed by atoms with Crippen LogP contribution in [-0.2, 0) is 0 Å². The highest BCUT2D eigenvalue weighted by atomic mass is 15.2. The van der Waals surface area contributed by atoms with Crippen LogP contribution in [0.4, 0.5) is 11.9 Å². The van der Waals surface area contributed by atoms with Crippen LogP contribution in [0.3, 0.4) is 0 Å². The van der Waals surface area contributed by atoms with Crippen LogP contribution < -0.4 is 11.1 Å². The highest BCUT2D eigenvalue weighted by Gasteiger charge is 2.21. The van der Waals surface area contributed by atoms with Gasteiger partial charge in [-0.25, -0.2) is 9.97 Å². The molecular weight excluding hydrogens is 142 g/mol. The van der Waals surface area contributed by atoms with E-state index in [1.165, 1.54) is 19.2 Å². The minimum atomic E-state index is 0.267. The number of nitrogen functional groups attached to an aromatic ring is 1. The Morgan fingerprint density at radius 1 is 1.45 bits per heavy atom. The van der Waals surface area contributed by atoms with Crippen LogP contribution in [0.2, 0.25) is 0 Å². The molecule has 1 heterocycles. The largest absolute Gasteiger partial charge is 0.368 e. The second kappa shape index (κ2) is 2.34. The van der Waals surface area contributed by atoms with Crippen LogP contribution in [-0.4, -0.2) is 21.0 Å². The first kappa shape index (κ1) is 6.33. The van der Waals surface area contributed by atoms with E-state index in [0.29, 0.717) is 12.0 Å². The van der Waals surface area contributed by atoms with Gasteiger partial charge in [-0.2, -0.15) is 4.98 Å². The summed E-state index contributed by atoms with van der Waals surface area (Å²) >= 11 is 0. The fourth-order valence-corrected chi connectivity index (χ4v) is 0.789. The van der Waals surface area contributed by atoms with Crippen molar-refractivity contribution in [2.45, 2.75) is 18.9 Å². The summed E-state index contributed by atoms with van der Waals surface area (Å²) in [5, 5.41) is 3.11. The van der Waals surface area contributed by atoms with Gasteiger partial charge in [-0.3, -0.25) is 0 Å². The summed E-state index contributed by atoms with van der Waals surface area (Å²) in [6.07, 6.45) is 3.81. The zero-order valence-electron chi connectivity index (χ0n) is 5.99. The molecule has 3 N–H and O–H groups in total. The van der Waals surface area contributed by atoms with Crippen LogP contribution in [0.25, 0.3) is 0 Å². The Hall–Kier alpha value is -1.39. The topological polar surface area (TPSA) is 76.7 Å². The molecule has 0 spiro atoms. The molecule has 0 radical (unpaired) electrons. The lowest BCUT2D eigenvalue weighted by Crippen LogP contribution is -2.07. The van der Waals surface area contributed by atoms with Crippen molar-refractivity contribution in [3.05, 3.63) is 6.33 Å². The predicted octanol–water partition coefficient (Wildman–Crippen LogP) is 0.0281. The average molecular weight is 151 g/mol. The SMILES string of the molecule is Nc1ncnc(NC2CC2)n1. The summed E-state index contributed by atoms with van der Waals surface area (Å²) in [5.41, 5.74) is 5.35. The van der Waals surface area contributed by atoms with Gasteiger partial charge in [0, 0.05) is 6.04 Å². The van der Waals surface area contributed by atoms with E-state index in [2.05, 4.69) is 20.3 Å². The quantitative estimate of drug-likeness (QED) is 0.623. The van der Waals surface area contributed by atoms with Gasteiger partial charge in [0.2, 0.25) is 11.9 Å². The molecule has 0 atom stereocenters. The number of hydrogen-bond donors (Lipinski definition) is 2. The van der Waals surface area contributed by atoms with Crippen molar-refractivity contribution in [1.82, 2.24) is 15.0 Å². The number of hydrogen-bond acceptors (Lipinski definition) is 5. The Bertz CT molecular complexity index is 257. The maximum Gasteiger partial charge on any atom is 0.227 e. The van der Waals surface area contributed by atoms with Crippen LogP contribution in [0, 0.1) is 0 Å². The second-order valence-electron chi connectivity index (χ2n) is 2.59. The molecule has 1 aliphatic carbocycles. The molecule has 0 amide bonds. The number of rotatable bonds is 2. The second-order valence-corrected chi connectivity index (χ2v) is 2.59. The molecule has 0 aliphatic heterocycles. The lowest BCUT2D eigenvalue weighted by Gasteiger charge is -2.00. The van der Waals surface area contributed by atoms with Gasteiger partial charge >= 0.3 is 0 Å². The van der Waals surface area contributed by atoms with Crippen LogP contribution in [0.1, 0.15) is 12.8 Å². The number of nitrogens with one attached hydrogen (secondary N) is 1.